The van der Waals surface area contributed by atoms with Gasteiger partial charge in [0.2, 0.25) is 11.8 Å². The van der Waals surface area contributed by atoms with Gasteiger partial charge in [0.05, 0.1) is 22.6 Å². The van der Waals surface area contributed by atoms with E-state index in [9.17, 15) is 18.9 Å². The number of aromatic amines is 1. The van der Waals surface area contributed by atoms with Gasteiger partial charge in [0.15, 0.2) is 0 Å². The molecule has 1 atom stereocenters. The topological polar surface area (TPSA) is 149 Å². The van der Waals surface area contributed by atoms with Gasteiger partial charge in [-0.3, -0.25) is 5.10 Å². The van der Waals surface area contributed by atoms with Gasteiger partial charge in [-0.05, 0) is 54.3 Å². The minimum absolute atomic E-state index is 0.0420. The number of H-pyrrole nitrogens is 1. The monoisotopic (exact) mass is 508 g/mol. The van der Waals surface area contributed by atoms with Crippen LogP contribution in [0.25, 0.3) is 10.4 Å². The average molecular weight is 509 g/mol. The summed E-state index contributed by atoms with van der Waals surface area (Å²) in [6, 6.07) is 13.0. The molecule has 0 bridgehead atoms. The van der Waals surface area contributed by atoms with Crippen molar-refractivity contribution < 1.29 is 13.2 Å². The Labute approximate surface area is 208 Å². The fraction of sp³-hybridized carbons (Fsp3) is 0.292. The number of nitrogens with two attached hydrogens (primary N) is 1. The number of hydrogen-bond acceptors (Lipinski definition) is 8. The number of thiophene rings is 1. The summed E-state index contributed by atoms with van der Waals surface area (Å²) in [4.78, 5) is 0.675. The highest BCUT2D eigenvalue weighted by Crippen LogP contribution is 2.53. The standard InChI is InChI=1S/C24H24N6O3S2/c1-13(2)24(18(12-26)22(27)33-23-21(24)14(3)28-29-23)17-9-15(11-25)8-16(10-17)19-6-7-20(34-19)35(31,32)30(4)5/h6-10,13H,27H2,1-5H3,(H,28,29)/t24-/m0/s1. The highest BCUT2D eigenvalue weighted by Gasteiger charge is 2.50. The van der Waals surface area contributed by atoms with Crippen LogP contribution in [0.4, 0.5) is 0 Å². The number of nitriles is 2. The molecule has 0 radical (unpaired) electrons. The second-order valence-electron chi connectivity index (χ2n) is 8.76. The molecule has 9 nitrogen and oxygen atoms in total. The number of rotatable bonds is 5. The summed E-state index contributed by atoms with van der Waals surface area (Å²) < 4.78 is 32.3. The molecule has 35 heavy (non-hydrogen) atoms. The van der Waals surface area contributed by atoms with Crippen molar-refractivity contribution in [2.45, 2.75) is 30.4 Å². The molecule has 3 N–H and O–H groups in total. The summed E-state index contributed by atoms with van der Waals surface area (Å²) in [5.74, 6) is 0.0659. The maximum atomic E-state index is 12.6. The molecule has 1 aliphatic heterocycles. The largest absolute Gasteiger partial charge is 0.420 e. The van der Waals surface area contributed by atoms with Crippen molar-refractivity contribution in [3.8, 4) is 28.5 Å². The number of sulfonamides is 1. The van der Waals surface area contributed by atoms with Crippen molar-refractivity contribution in [1.29, 1.82) is 10.5 Å². The van der Waals surface area contributed by atoms with Crippen LogP contribution in [-0.4, -0.2) is 37.0 Å². The first-order chi connectivity index (χ1) is 16.5. The van der Waals surface area contributed by atoms with Crippen LogP contribution in [-0.2, 0) is 15.4 Å². The highest BCUT2D eigenvalue weighted by molar-refractivity contribution is 7.91. The number of aromatic nitrogens is 2. The van der Waals surface area contributed by atoms with Crippen LogP contribution in [0.1, 0.15) is 36.2 Å². The van der Waals surface area contributed by atoms with Crippen molar-refractivity contribution in [2.75, 3.05) is 14.1 Å². The van der Waals surface area contributed by atoms with Gasteiger partial charge in [-0.1, -0.05) is 13.8 Å². The van der Waals surface area contributed by atoms with Crippen LogP contribution in [0.5, 0.6) is 5.88 Å². The van der Waals surface area contributed by atoms with Crippen LogP contribution in [0, 0.1) is 35.5 Å². The van der Waals surface area contributed by atoms with Gasteiger partial charge in [0.25, 0.3) is 10.0 Å². The van der Waals surface area contributed by atoms with Crippen molar-refractivity contribution in [1.82, 2.24) is 14.5 Å². The Morgan fingerprint density at radius 2 is 1.91 bits per heavy atom. The normalized spacial score (nSPS) is 17.7. The van der Waals surface area contributed by atoms with E-state index >= 15 is 0 Å². The number of ether oxygens (including phenoxy) is 1. The number of allylic oxidation sites excluding steroid dienone is 1. The Balaban J connectivity index is 2.03. The van der Waals surface area contributed by atoms with E-state index in [-0.39, 0.29) is 27.5 Å². The molecule has 0 saturated carbocycles. The fourth-order valence-electron chi connectivity index (χ4n) is 4.62. The third-order valence-corrected chi connectivity index (χ3v) is 9.67. The molecule has 0 fully saturated rings. The molecule has 2 aromatic heterocycles. The van der Waals surface area contributed by atoms with Gasteiger partial charge in [0, 0.05) is 24.7 Å². The number of nitrogens with one attached hydrogen (secondary N) is 1. The van der Waals surface area contributed by atoms with E-state index < -0.39 is 15.4 Å². The van der Waals surface area contributed by atoms with E-state index in [4.69, 9.17) is 10.5 Å². The molecular formula is C24H24N6O3S2. The second kappa shape index (κ2) is 8.54. The third kappa shape index (κ3) is 3.60. The van der Waals surface area contributed by atoms with E-state index in [1.807, 2.05) is 26.8 Å². The van der Waals surface area contributed by atoms with Gasteiger partial charge in [-0.2, -0.15) is 10.5 Å². The quantitative estimate of drug-likeness (QED) is 0.535. The lowest BCUT2D eigenvalue weighted by Crippen LogP contribution is -2.41. The van der Waals surface area contributed by atoms with E-state index in [0.717, 1.165) is 15.6 Å². The summed E-state index contributed by atoms with van der Waals surface area (Å²) in [5, 5.41) is 27.2. The Morgan fingerprint density at radius 3 is 2.51 bits per heavy atom. The van der Waals surface area contributed by atoms with E-state index in [2.05, 4.69) is 22.3 Å². The Morgan fingerprint density at radius 1 is 1.20 bits per heavy atom. The lowest BCUT2D eigenvalue weighted by molar-refractivity contribution is 0.323. The maximum Gasteiger partial charge on any atom is 0.252 e. The van der Waals surface area contributed by atoms with Gasteiger partial charge in [0.1, 0.15) is 15.9 Å². The van der Waals surface area contributed by atoms with Crippen molar-refractivity contribution in [3.63, 3.8) is 0 Å². The Kier molecular flexibility index (Phi) is 5.97. The van der Waals surface area contributed by atoms with Crippen molar-refractivity contribution in [3.05, 3.63) is 64.2 Å². The molecule has 1 aliphatic rings. The zero-order chi connectivity index (χ0) is 25.7. The Hall–Kier alpha value is -3.64. The van der Waals surface area contributed by atoms with Gasteiger partial charge >= 0.3 is 0 Å². The van der Waals surface area contributed by atoms with E-state index in [1.54, 1.807) is 24.3 Å². The molecule has 3 heterocycles. The van der Waals surface area contributed by atoms with E-state index in [1.165, 1.54) is 14.1 Å². The van der Waals surface area contributed by atoms with Crippen LogP contribution < -0.4 is 10.5 Å². The molecule has 4 rings (SSSR count). The average Bonchev–Trinajstić information content (AvgIpc) is 3.45. The first kappa shape index (κ1) is 24.5. The predicted molar refractivity (Wildman–Crippen MR) is 132 cm³/mol. The number of aryl methyl sites for hydroxylation is 1. The zero-order valence-corrected chi connectivity index (χ0v) is 21.5. The van der Waals surface area contributed by atoms with Crippen LogP contribution >= 0.6 is 11.3 Å². The predicted octanol–water partition coefficient (Wildman–Crippen LogP) is 3.60. The minimum atomic E-state index is -3.60. The molecular weight excluding hydrogens is 484 g/mol. The second-order valence-corrected chi connectivity index (χ2v) is 12.2. The molecule has 0 unspecified atom stereocenters. The lowest BCUT2D eigenvalue weighted by Gasteiger charge is -2.41. The van der Waals surface area contributed by atoms with Gasteiger partial charge in [-0.15, -0.1) is 16.4 Å². The summed E-state index contributed by atoms with van der Waals surface area (Å²) in [6.07, 6.45) is 0. The van der Waals surface area contributed by atoms with Crippen LogP contribution in [0.3, 0.4) is 0 Å². The van der Waals surface area contributed by atoms with Gasteiger partial charge in [-0.25, -0.2) is 12.7 Å². The number of nitrogens with zero attached hydrogens (tertiary/aromatic N) is 4. The van der Waals surface area contributed by atoms with Gasteiger partial charge < -0.3 is 10.5 Å². The van der Waals surface area contributed by atoms with Crippen LogP contribution in [0.2, 0.25) is 0 Å². The first-order valence-electron chi connectivity index (χ1n) is 10.7. The lowest BCUT2D eigenvalue weighted by atomic mass is 9.61. The third-order valence-electron chi connectivity index (χ3n) is 6.25. The molecule has 0 saturated heterocycles. The summed E-state index contributed by atoms with van der Waals surface area (Å²) >= 11 is 1.12. The SMILES string of the molecule is Cc1[nH]nc2c1[C@](c1cc(C#N)cc(-c3ccc(S(=O)(=O)N(C)C)s3)c1)(C(C)C)C(C#N)=C(N)O2. The van der Waals surface area contributed by atoms with Crippen LogP contribution in [0.15, 0.2) is 46.0 Å². The molecule has 0 aliphatic carbocycles. The molecule has 11 heteroatoms. The fourth-order valence-corrected chi connectivity index (χ4v) is 7.08. The molecule has 0 amide bonds. The molecule has 180 valence electrons. The first-order valence-corrected chi connectivity index (χ1v) is 13.0. The number of benzene rings is 1. The van der Waals surface area contributed by atoms with Crippen molar-refractivity contribution >= 4 is 21.4 Å². The smallest absolute Gasteiger partial charge is 0.252 e. The summed E-state index contributed by atoms with van der Waals surface area (Å²) in [7, 11) is -0.647. The van der Waals surface area contributed by atoms with Crippen molar-refractivity contribution in [2.24, 2.45) is 11.7 Å². The minimum Gasteiger partial charge on any atom is -0.420 e. The molecule has 3 aromatic rings. The Bertz CT molecular complexity index is 1550. The highest BCUT2D eigenvalue weighted by atomic mass is 32.2. The summed E-state index contributed by atoms with van der Waals surface area (Å²) in [6.45, 7) is 5.78. The molecule has 1 aromatic carbocycles. The van der Waals surface area contributed by atoms with E-state index in [0.29, 0.717) is 32.8 Å². The number of fused-ring (bicyclic) bond motifs is 1. The zero-order valence-electron chi connectivity index (χ0n) is 19.9. The molecule has 0 spiro atoms. The summed E-state index contributed by atoms with van der Waals surface area (Å²) in [5.41, 5.74) is 8.49. The number of hydrogen-bond donors (Lipinski definition) is 2. The maximum absolute atomic E-state index is 12.6.